The van der Waals surface area contributed by atoms with E-state index in [0.717, 1.165) is 25.4 Å². The zero-order valence-corrected chi connectivity index (χ0v) is 13.1. The summed E-state index contributed by atoms with van der Waals surface area (Å²) in [6.45, 7) is 13.1. The SMILES string of the molecule is CCC(C)COC1(CN)CCC(C(C)(C)C)CC1. The highest BCUT2D eigenvalue weighted by molar-refractivity contribution is 4.91. The van der Waals surface area contributed by atoms with E-state index in [-0.39, 0.29) is 5.60 Å². The Morgan fingerprint density at radius 2 is 1.83 bits per heavy atom. The monoisotopic (exact) mass is 255 g/mol. The van der Waals surface area contributed by atoms with Crippen molar-refractivity contribution < 1.29 is 4.74 Å². The highest BCUT2D eigenvalue weighted by Crippen LogP contribution is 2.42. The van der Waals surface area contributed by atoms with Gasteiger partial charge in [0, 0.05) is 13.2 Å². The summed E-state index contributed by atoms with van der Waals surface area (Å²) in [5, 5.41) is 0. The number of hydrogen-bond acceptors (Lipinski definition) is 2. The summed E-state index contributed by atoms with van der Waals surface area (Å²) >= 11 is 0. The van der Waals surface area contributed by atoms with Gasteiger partial charge in [0.05, 0.1) is 5.60 Å². The lowest BCUT2D eigenvalue weighted by Crippen LogP contribution is -2.46. The van der Waals surface area contributed by atoms with Crippen molar-refractivity contribution in [1.29, 1.82) is 0 Å². The summed E-state index contributed by atoms with van der Waals surface area (Å²) in [6, 6.07) is 0. The van der Waals surface area contributed by atoms with Gasteiger partial charge in [0.25, 0.3) is 0 Å². The fraction of sp³-hybridized carbons (Fsp3) is 1.00. The first-order valence-corrected chi connectivity index (χ1v) is 7.67. The molecule has 1 fully saturated rings. The van der Waals surface area contributed by atoms with E-state index in [1.165, 1.54) is 19.3 Å². The van der Waals surface area contributed by atoms with Gasteiger partial charge in [-0.15, -0.1) is 0 Å². The van der Waals surface area contributed by atoms with E-state index in [1.54, 1.807) is 0 Å². The summed E-state index contributed by atoms with van der Waals surface area (Å²) in [6.07, 6.45) is 6.00. The molecule has 0 aromatic carbocycles. The van der Waals surface area contributed by atoms with Gasteiger partial charge in [-0.3, -0.25) is 0 Å². The van der Waals surface area contributed by atoms with Crippen molar-refractivity contribution in [3.05, 3.63) is 0 Å². The zero-order valence-electron chi connectivity index (χ0n) is 13.1. The predicted molar refractivity (Wildman–Crippen MR) is 78.6 cm³/mol. The first-order valence-electron chi connectivity index (χ1n) is 7.67. The molecule has 0 spiro atoms. The summed E-state index contributed by atoms with van der Waals surface area (Å²) in [5.41, 5.74) is 6.40. The van der Waals surface area contributed by atoms with E-state index in [0.29, 0.717) is 17.9 Å². The Bertz CT molecular complexity index is 236. The molecule has 1 aliphatic carbocycles. The zero-order chi connectivity index (χ0) is 13.8. The number of rotatable bonds is 5. The Kier molecular flexibility index (Phi) is 5.67. The third-order valence-corrected chi connectivity index (χ3v) is 4.86. The molecule has 2 N–H and O–H groups in total. The van der Waals surface area contributed by atoms with Crippen LogP contribution in [0.5, 0.6) is 0 Å². The van der Waals surface area contributed by atoms with Crippen molar-refractivity contribution in [2.24, 2.45) is 23.0 Å². The summed E-state index contributed by atoms with van der Waals surface area (Å²) in [7, 11) is 0. The minimum absolute atomic E-state index is 0.0226. The van der Waals surface area contributed by atoms with Crippen LogP contribution in [0.1, 0.15) is 66.7 Å². The molecule has 18 heavy (non-hydrogen) atoms. The fourth-order valence-corrected chi connectivity index (χ4v) is 2.85. The molecule has 0 aromatic rings. The summed E-state index contributed by atoms with van der Waals surface area (Å²) in [4.78, 5) is 0. The number of nitrogens with two attached hydrogens (primary N) is 1. The molecule has 0 radical (unpaired) electrons. The van der Waals surface area contributed by atoms with E-state index in [4.69, 9.17) is 10.5 Å². The Labute approximate surface area is 114 Å². The Morgan fingerprint density at radius 3 is 2.22 bits per heavy atom. The minimum atomic E-state index is -0.0226. The van der Waals surface area contributed by atoms with Crippen LogP contribution < -0.4 is 5.73 Å². The van der Waals surface area contributed by atoms with E-state index < -0.39 is 0 Å². The van der Waals surface area contributed by atoms with Crippen molar-refractivity contribution in [3.8, 4) is 0 Å². The van der Waals surface area contributed by atoms with Crippen LogP contribution in [0, 0.1) is 17.3 Å². The van der Waals surface area contributed by atoms with Crippen molar-refractivity contribution in [2.75, 3.05) is 13.2 Å². The third-order valence-electron chi connectivity index (χ3n) is 4.86. The van der Waals surface area contributed by atoms with Gasteiger partial charge in [0.15, 0.2) is 0 Å². The topological polar surface area (TPSA) is 35.2 Å². The van der Waals surface area contributed by atoms with Crippen LogP contribution in [0.25, 0.3) is 0 Å². The van der Waals surface area contributed by atoms with E-state index >= 15 is 0 Å². The first kappa shape index (κ1) is 16.0. The predicted octanol–water partition coefficient (Wildman–Crippen LogP) is 3.98. The van der Waals surface area contributed by atoms with Gasteiger partial charge in [0.2, 0.25) is 0 Å². The Morgan fingerprint density at radius 1 is 1.28 bits per heavy atom. The molecule has 1 atom stereocenters. The third kappa shape index (κ3) is 4.24. The molecular weight excluding hydrogens is 222 g/mol. The lowest BCUT2D eigenvalue weighted by atomic mass is 9.68. The van der Waals surface area contributed by atoms with Crippen LogP contribution in [0.15, 0.2) is 0 Å². The molecular formula is C16H33NO. The number of hydrogen-bond donors (Lipinski definition) is 1. The molecule has 1 aliphatic rings. The molecule has 0 aliphatic heterocycles. The normalized spacial score (nSPS) is 31.3. The van der Waals surface area contributed by atoms with E-state index in [2.05, 4.69) is 34.6 Å². The largest absolute Gasteiger partial charge is 0.373 e. The summed E-state index contributed by atoms with van der Waals surface area (Å²) < 4.78 is 6.21. The minimum Gasteiger partial charge on any atom is -0.373 e. The van der Waals surface area contributed by atoms with Crippen LogP contribution in [-0.2, 0) is 4.74 Å². The first-order chi connectivity index (χ1) is 8.33. The van der Waals surface area contributed by atoms with Gasteiger partial charge in [-0.05, 0) is 42.9 Å². The van der Waals surface area contributed by atoms with Gasteiger partial charge in [-0.1, -0.05) is 41.0 Å². The highest BCUT2D eigenvalue weighted by atomic mass is 16.5. The van der Waals surface area contributed by atoms with Crippen molar-refractivity contribution >= 4 is 0 Å². The van der Waals surface area contributed by atoms with Crippen LogP contribution in [0.2, 0.25) is 0 Å². The van der Waals surface area contributed by atoms with E-state index in [9.17, 15) is 0 Å². The molecule has 108 valence electrons. The van der Waals surface area contributed by atoms with Crippen LogP contribution in [0.4, 0.5) is 0 Å². The van der Waals surface area contributed by atoms with Gasteiger partial charge in [-0.25, -0.2) is 0 Å². The average molecular weight is 255 g/mol. The standard InChI is InChI=1S/C16H33NO/c1-6-13(2)11-18-16(12-17)9-7-14(8-10-16)15(3,4)5/h13-14H,6-12,17H2,1-5H3. The molecule has 0 bridgehead atoms. The van der Waals surface area contributed by atoms with Crippen molar-refractivity contribution in [1.82, 2.24) is 0 Å². The second-order valence-corrected chi connectivity index (χ2v) is 7.35. The molecule has 2 nitrogen and oxygen atoms in total. The van der Waals surface area contributed by atoms with Crippen molar-refractivity contribution in [2.45, 2.75) is 72.3 Å². The molecule has 0 heterocycles. The lowest BCUT2D eigenvalue weighted by molar-refractivity contribution is -0.0900. The molecule has 1 rings (SSSR count). The lowest BCUT2D eigenvalue weighted by Gasteiger charge is -2.43. The smallest absolute Gasteiger partial charge is 0.0804 e. The fourth-order valence-electron chi connectivity index (χ4n) is 2.85. The Balaban J connectivity index is 2.49. The van der Waals surface area contributed by atoms with Gasteiger partial charge in [0.1, 0.15) is 0 Å². The maximum atomic E-state index is 6.21. The maximum absolute atomic E-state index is 6.21. The van der Waals surface area contributed by atoms with Crippen molar-refractivity contribution in [3.63, 3.8) is 0 Å². The maximum Gasteiger partial charge on any atom is 0.0804 e. The molecule has 2 heteroatoms. The van der Waals surface area contributed by atoms with Crippen LogP contribution >= 0.6 is 0 Å². The second kappa shape index (κ2) is 6.38. The molecule has 0 saturated heterocycles. The summed E-state index contributed by atoms with van der Waals surface area (Å²) in [5.74, 6) is 1.47. The van der Waals surface area contributed by atoms with Gasteiger partial charge in [-0.2, -0.15) is 0 Å². The molecule has 1 unspecified atom stereocenters. The molecule has 0 amide bonds. The van der Waals surface area contributed by atoms with E-state index in [1.807, 2.05) is 0 Å². The van der Waals surface area contributed by atoms with Crippen LogP contribution in [0.3, 0.4) is 0 Å². The Hall–Kier alpha value is -0.0800. The highest BCUT2D eigenvalue weighted by Gasteiger charge is 2.38. The van der Waals surface area contributed by atoms with Crippen LogP contribution in [-0.4, -0.2) is 18.8 Å². The quantitative estimate of drug-likeness (QED) is 0.806. The number of ether oxygens (including phenoxy) is 1. The molecule has 1 saturated carbocycles. The average Bonchev–Trinajstić information content (AvgIpc) is 2.35. The molecule has 0 aromatic heterocycles. The second-order valence-electron chi connectivity index (χ2n) is 7.35. The van der Waals surface area contributed by atoms with Gasteiger partial charge >= 0.3 is 0 Å². The van der Waals surface area contributed by atoms with Gasteiger partial charge < -0.3 is 10.5 Å².